The molecule has 0 bridgehead atoms. The van der Waals surface area contributed by atoms with Gasteiger partial charge in [0.15, 0.2) is 0 Å². The zero-order chi connectivity index (χ0) is 14.9. The molecule has 0 unspecified atom stereocenters. The zero-order valence-corrected chi connectivity index (χ0v) is 13.7. The third-order valence-electron chi connectivity index (χ3n) is 4.65. The van der Waals surface area contributed by atoms with Crippen LogP contribution >= 0.6 is 0 Å². The van der Waals surface area contributed by atoms with E-state index in [-0.39, 0.29) is 6.04 Å². The van der Waals surface area contributed by atoms with Crippen molar-refractivity contribution in [3.63, 3.8) is 0 Å². The molecule has 0 saturated heterocycles. The molecule has 1 aromatic carbocycles. The molecule has 0 aliphatic heterocycles. The molecule has 0 atom stereocenters. The fourth-order valence-corrected chi connectivity index (χ4v) is 4.34. The molecule has 4 heteroatoms. The van der Waals surface area contributed by atoms with E-state index in [4.69, 9.17) is 0 Å². The van der Waals surface area contributed by atoms with E-state index in [1.807, 2.05) is 19.9 Å². The van der Waals surface area contributed by atoms with Gasteiger partial charge in [-0.15, -0.1) is 0 Å². The minimum Gasteiger partial charge on any atom is -0.207 e. The van der Waals surface area contributed by atoms with E-state index in [9.17, 15) is 8.42 Å². The van der Waals surface area contributed by atoms with Crippen LogP contribution in [-0.2, 0) is 10.0 Å². The van der Waals surface area contributed by atoms with Crippen molar-refractivity contribution < 1.29 is 8.42 Å². The van der Waals surface area contributed by atoms with Gasteiger partial charge in [0.25, 0.3) is 0 Å². The first-order valence-electron chi connectivity index (χ1n) is 7.37. The number of rotatable bonds is 3. The molecular weight excluding hydrogens is 270 g/mol. The highest BCUT2D eigenvalue weighted by atomic mass is 32.2. The normalized spacial score (nSPS) is 24.1. The number of nitrogens with zero attached hydrogens (tertiary/aromatic N) is 1. The van der Waals surface area contributed by atoms with E-state index in [1.54, 1.807) is 23.5 Å². The van der Waals surface area contributed by atoms with Crippen molar-refractivity contribution in [2.24, 2.45) is 5.92 Å². The summed E-state index contributed by atoms with van der Waals surface area (Å²) in [6.07, 6.45) is 4.19. The van der Waals surface area contributed by atoms with Gasteiger partial charge in [0.05, 0.1) is 4.90 Å². The van der Waals surface area contributed by atoms with Crippen molar-refractivity contribution >= 4 is 10.0 Å². The van der Waals surface area contributed by atoms with Crippen LogP contribution in [0.2, 0.25) is 0 Å². The Morgan fingerprint density at radius 3 is 2.20 bits per heavy atom. The van der Waals surface area contributed by atoms with Gasteiger partial charge in [0, 0.05) is 13.1 Å². The Bertz CT molecular complexity index is 572. The van der Waals surface area contributed by atoms with Crippen LogP contribution in [-0.4, -0.2) is 25.8 Å². The fraction of sp³-hybridized carbons (Fsp3) is 0.625. The lowest BCUT2D eigenvalue weighted by Gasteiger charge is -2.32. The van der Waals surface area contributed by atoms with Gasteiger partial charge in [-0.05, 0) is 68.7 Å². The molecule has 1 fully saturated rings. The quantitative estimate of drug-likeness (QED) is 0.856. The van der Waals surface area contributed by atoms with Crippen LogP contribution in [0.25, 0.3) is 0 Å². The minimum atomic E-state index is -3.36. The SMILES string of the molecule is Cc1ccc(S(=O)(=O)N(C)C2CCC(C)CC2)cc1C. The number of benzene rings is 1. The van der Waals surface area contributed by atoms with Gasteiger partial charge >= 0.3 is 0 Å². The second kappa shape index (κ2) is 5.86. The highest BCUT2D eigenvalue weighted by Gasteiger charge is 2.30. The summed E-state index contributed by atoms with van der Waals surface area (Å²) in [5.74, 6) is 0.726. The van der Waals surface area contributed by atoms with Gasteiger partial charge < -0.3 is 0 Å². The summed E-state index contributed by atoms with van der Waals surface area (Å²) < 4.78 is 27.0. The predicted molar refractivity (Wildman–Crippen MR) is 82.3 cm³/mol. The fourth-order valence-electron chi connectivity index (χ4n) is 2.84. The average molecular weight is 295 g/mol. The van der Waals surface area contributed by atoms with E-state index < -0.39 is 10.0 Å². The second-order valence-electron chi connectivity index (χ2n) is 6.18. The van der Waals surface area contributed by atoms with Crippen molar-refractivity contribution in [3.8, 4) is 0 Å². The summed E-state index contributed by atoms with van der Waals surface area (Å²) in [5.41, 5.74) is 2.15. The van der Waals surface area contributed by atoms with Crippen molar-refractivity contribution in [1.82, 2.24) is 4.31 Å². The monoisotopic (exact) mass is 295 g/mol. The van der Waals surface area contributed by atoms with Crippen LogP contribution < -0.4 is 0 Å². The molecule has 0 heterocycles. The summed E-state index contributed by atoms with van der Waals surface area (Å²) >= 11 is 0. The Balaban J connectivity index is 2.23. The molecule has 0 radical (unpaired) electrons. The Kier molecular flexibility index (Phi) is 4.55. The van der Waals surface area contributed by atoms with E-state index in [2.05, 4.69) is 6.92 Å². The lowest BCUT2D eigenvalue weighted by Crippen LogP contribution is -2.39. The first-order valence-corrected chi connectivity index (χ1v) is 8.81. The van der Waals surface area contributed by atoms with Gasteiger partial charge in [-0.3, -0.25) is 0 Å². The first-order chi connectivity index (χ1) is 9.32. The summed E-state index contributed by atoms with van der Waals surface area (Å²) in [7, 11) is -1.63. The summed E-state index contributed by atoms with van der Waals surface area (Å²) in [6, 6.07) is 5.54. The van der Waals surface area contributed by atoms with Crippen LogP contribution in [0.15, 0.2) is 23.1 Å². The number of aryl methyl sites for hydroxylation is 2. The highest BCUT2D eigenvalue weighted by molar-refractivity contribution is 7.89. The maximum atomic E-state index is 12.7. The Labute approximate surface area is 123 Å². The molecule has 3 nitrogen and oxygen atoms in total. The van der Waals surface area contributed by atoms with Crippen molar-refractivity contribution in [1.29, 1.82) is 0 Å². The lowest BCUT2D eigenvalue weighted by atomic mass is 9.87. The highest BCUT2D eigenvalue weighted by Crippen LogP contribution is 2.29. The molecule has 0 amide bonds. The first kappa shape index (κ1) is 15.5. The van der Waals surface area contributed by atoms with Crippen LogP contribution in [0.4, 0.5) is 0 Å². The molecule has 1 aromatic rings. The Hall–Kier alpha value is -0.870. The van der Waals surface area contributed by atoms with Gasteiger partial charge in [0.2, 0.25) is 10.0 Å². The maximum Gasteiger partial charge on any atom is 0.243 e. The van der Waals surface area contributed by atoms with E-state index in [1.165, 1.54) is 0 Å². The van der Waals surface area contributed by atoms with Crippen LogP contribution in [0, 0.1) is 19.8 Å². The standard InChI is InChI=1S/C16H25NO2S/c1-12-5-8-15(9-6-12)17(4)20(18,19)16-10-7-13(2)14(3)11-16/h7,10-12,15H,5-6,8-9H2,1-4H3. The molecule has 112 valence electrons. The van der Waals surface area contributed by atoms with E-state index in [0.29, 0.717) is 4.90 Å². The van der Waals surface area contributed by atoms with Crippen LogP contribution in [0.3, 0.4) is 0 Å². The van der Waals surface area contributed by atoms with Gasteiger partial charge in [-0.1, -0.05) is 13.0 Å². The molecule has 1 aliphatic carbocycles. The summed E-state index contributed by atoms with van der Waals surface area (Å²) in [4.78, 5) is 0.418. The van der Waals surface area contributed by atoms with Crippen molar-refractivity contribution in [2.45, 2.75) is 57.4 Å². The predicted octanol–water partition coefficient (Wildman–Crippen LogP) is 3.50. The third-order valence-corrected chi connectivity index (χ3v) is 6.56. The van der Waals surface area contributed by atoms with Gasteiger partial charge in [-0.2, -0.15) is 4.31 Å². The average Bonchev–Trinajstić information content (AvgIpc) is 2.41. The molecule has 1 aliphatic rings. The Morgan fingerprint density at radius 1 is 1.05 bits per heavy atom. The minimum absolute atomic E-state index is 0.151. The molecular formula is C16H25NO2S. The maximum absolute atomic E-state index is 12.7. The van der Waals surface area contributed by atoms with Crippen LogP contribution in [0.1, 0.15) is 43.7 Å². The zero-order valence-electron chi connectivity index (χ0n) is 12.9. The van der Waals surface area contributed by atoms with Crippen LogP contribution in [0.5, 0.6) is 0 Å². The molecule has 0 N–H and O–H groups in total. The lowest BCUT2D eigenvalue weighted by molar-refractivity contribution is 0.246. The smallest absolute Gasteiger partial charge is 0.207 e. The molecule has 0 aromatic heterocycles. The topological polar surface area (TPSA) is 37.4 Å². The van der Waals surface area contributed by atoms with Crippen molar-refractivity contribution in [2.75, 3.05) is 7.05 Å². The Morgan fingerprint density at radius 2 is 1.65 bits per heavy atom. The van der Waals surface area contributed by atoms with Crippen molar-refractivity contribution in [3.05, 3.63) is 29.3 Å². The summed E-state index contributed by atoms with van der Waals surface area (Å²) in [6.45, 7) is 6.20. The largest absolute Gasteiger partial charge is 0.243 e. The van der Waals surface area contributed by atoms with Gasteiger partial charge in [-0.25, -0.2) is 8.42 Å². The van der Waals surface area contributed by atoms with E-state index >= 15 is 0 Å². The summed E-state index contributed by atoms with van der Waals surface area (Å²) in [5, 5.41) is 0. The van der Waals surface area contributed by atoms with Gasteiger partial charge in [0.1, 0.15) is 0 Å². The second-order valence-corrected chi connectivity index (χ2v) is 8.18. The molecule has 0 spiro atoms. The van der Waals surface area contributed by atoms with E-state index in [0.717, 1.165) is 42.7 Å². The molecule has 2 rings (SSSR count). The number of sulfonamides is 1. The number of hydrogen-bond donors (Lipinski definition) is 0. The molecule has 1 saturated carbocycles. The number of hydrogen-bond acceptors (Lipinski definition) is 2. The third kappa shape index (κ3) is 3.07. The molecule has 20 heavy (non-hydrogen) atoms.